The van der Waals surface area contributed by atoms with Crippen LogP contribution in [0.25, 0.3) is 6.08 Å². The molecule has 0 saturated heterocycles. The minimum absolute atomic E-state index is 0.173. The van der Waals surface area contributed by atoms with E-state index in [-0.39, 0.29) is 5.76 Å². The van der Waals surface area contributed by atoms with E-state index in [9.17, 15) is 4.79 Å². The van der Waals surface area contributed by atoms with Gasteiger partial charge in [0.1, 0.15) is 5.75 Å². The molecule has 0 bridgehead atoms. The highest BCUT2D eigenvalue weighted by Crippen LogP contribution is 2.16. The molecule has 0 spiro atoms. The highest BCUT2D eigenvalue weighted by atomic mass is 16.6. The maximum atomic E-state index is 12.0. The molecule has 3 heteroatoms. The fraction of sp³-hybridized carbons (Fsp3) is 0.167. The first-order chi connectivity index (χ1) is 10.2. The molecule has 0 heterocycles. The van der Waals surface area contributed by atoms with Crippen molar-refractivity contribution in [1.29, 1.82) is 0 Å². The van der Waals surface area contributed by atoms with E-state index in [0.29, 0.717) is 12.4 Å². The van der Waals surface area contributed by atoms with Gasteiger partial charge in [0.15, 0.2) is 0 Å². The number of ether oxygens (including phenoxy) is 2. The topological polar surface area (TPSA) is 35.5 Å². The van der Waals surface area contributed by atoms with Crippen LogP contribution in [0.15, 0.2) is 60.4 Å². The minimum Gasteiger partial charge on any atom is -0.460 e. The average Bonchev–Trinajstić information content (AvgIpc) is 2.50. The van der Waals surface area contributed by atoms with Gasteiger partial charge in [-0.3, -0.25) is 0 Å². The number of carbonyl (C=O) groups excluding carboxylic acids is 1. The summed E-state index contributed by atoms with van der Waals surface area (Å²) in [6.07, 6.45) is 1.68. The van der Waals surface area contributed by atoms with Gasteiger partial charge < -0.3 is 9.47 Å². The minimum atomic E-state index is -0.470. The van der Waals surface area contributed by atoms with E-state index in [2.05, 4.69) is 0 Å². The van der Waals surface area contributed by atoms with Crippen LogP contribution in [0, 0.1) is 6.92 Å². The average molecular weight is 282 g/mol. The second-order valence-corrected chi connectivity index (χ2v) is 4.55. The lowest BCUT2D eigenvalue weighted by atomic mass is 10.1. The van der Waals surface area contributed by atoms with E-state index < -0.39 is 5.97 Å². The second-order valence-electron chi connectivity index (χ2n) is 4.55. The fourth-order valence-electron chi connectivity index (χ4n) is 1.76. The summed E-state index contributed by atoms with van der Waals surface area (Å²) in [5, 5.41) is 0. The van der Waals surface area contributed by atoms with Crippen LogP contribution in [0.4, 0.5) is 0 Å². The molecule has 2 aromatic rings. The summed E-state index contributed by atoms with van der Waals surface area (Å²) in [7, 11) is 0. The van der Waals surface area contributed by atoms with Crippen LogP contribution >= 0.6 is 0 Å². The predicted molar refractivity (Wildman–Crippen MR) is 82.9 cm³/mol. The molecule has 108 valence electrons. The highest BCUT2D eigenvalue weighted by molar-refractivity contribution is 5.92. The molecule has 0 aliphatic heterocycles. The summed E-state index contributed by atoms with van der Waals surface area (Å²) < 4.78 is 10.7. The lowest BCUT2D eigenvalue weighted by molar-refractivity contribution is -0.140. The number of hydrogen-bond acceptors (Lipinski definition) is 3. The molecule has 0 unspecified atom stereocenters. The Hall–Kier alpha value is -2.55. The summed E-state index contributed by atoms with van der Waals surface area (Å²) in [6.45, 7) is 4.09. The zero-order chi connectivity index (χ0) is 15.1. The molecule has 0 amide bonds. The monoisotopic (exact) mass is 282 g/mol. The Morgan fingerprint density at radius 3 is 2.33 bits per heavy atom. The van der Waals surface area contributed by atoms with Gasteiger partial charge in [0.25, 0.3) is 0 Å². The largest absolute Gasteiger partial charge is 0.460 e. The Morgan fingerprint density at radius 1 is 1.05 bits per heavy atom. The molecule has 3 nitrogen and oxygen atoms in total. The van der Waals surface area contributed by atoms with Crippen LogP contribution in [-0.4, -0.2) is 12.6 Å². The van der Waals surface area contributed by atoms with E-state index in [0.717, 1.165) is 11.1 Å². The van der Waals surface area contributed by atoms with Crippen LogP contribution in [0.2, 0.25) is 0 Å². The zero-order valence-electron chi connectivity index (χ0n) is 12.2. The number of esters is 1. The van der Waals surface area contributed by atoms with Crippen LogP contribution < -0.4 is 4.74 Å². The SMILES string of the molecule is CCOC(=O)/C(=C/c1ccc(C)cc1)Oc1ccccc1. The summed E-state index contributed by atoms with van der Waals surface area (Å²) in [5.41, 5.74) is 2.05. The first-order valence-corrected chi connectivity index (χ1v) is 6.87. The third-order valence-corrected chi connectivity index (χ3v) is 2.82. The summed E-state index contributed by atoms with van der Waals surface area (Å²) in [4.78, 5) is 12.0. The van der Waals surface area contributed by atoms with E-state index in [1.807, 2.05) is 49.4 Å². The van der Waals surface area contributed by atoms with Gasteiger partial charge in [-0.2, -0.15) is 0 Å². The van der Waals surface area contributed by atoms with Gasteiger partial charge in [-0.05, 0) is 37.6 Å². The normalized spacial score (nSPS) is 11.0. The molecule has 0 aliphatic carbocycles. The molecular formula is C18H18O3. The van der Waals surface area contributed by atoms with Gasteiger partial charge in [-0.1, -0.05) is 48.0 Å². The van der Waals surface area contributed by atoms with Gasteiger partial charge in [-0.25, -0.2) is 4.79 Å². The quantitative estimate of drug-likeness (QED) is 0.473. The standard InChI is InChI=1S/C18H18O3/c1-3-20-18(19)17(21-16-7-5-4-6-8-16)13-15-11-9-14(2)10-12-15/h4-13H,3H2,1-2H3/b17-13-. The van der Waals surface area contributed by atoms with Crippen molar-refractivity contribution in [1.82, 2.24) is 0 Å². The molecule has 0 aliphatic rings. The maximum Gasteiger partial charge on any atom is 0.374 e. The Bertz CT molecular complexity index is 613. The Kier molecular flexibility index (Phi) is 5.16. The summed E-state index contributed by atoms with van der Waals surface area (Å²) in [5.74, 6) is 0.303. The van der Waals surface area contributed by atoms with Crippen molar-refractivity contribution in [2.75, 3.05) is 6.61 Å². The number of benzene rings is 2. The number of carbonyl (C=O) groups is 1. The molecule has 2 rings (SSSR count). The van der Waals surface area contributed by atoms with Crippen LogP contribution in [-0.2, 0) is 9.53 Å². The molecule has 0 N–H and O–H groups in total. The van der Waals surface area contributed by atoms with Crippen molar-refractivity contribution in [2.24, 2.45) is 0 Å². The molecular weight excluding hydrogens is 264 g/mol. The fourth-order valence-corrected chi connectivity index (χ4v) is 1.76. The van der Waals surface area contributed by atoms with Crippen molar-refractivity contribution in [3.05, 3.63) is 71.5 Å². The molecule has 0 fully saturated rings. The van der Waals surface area contributed by atoms with Gasteiger partial charge in [0, 0.05) is 0 Å². The summed E-state index contributed by atoms with van der Waals surface area (Å²) in [6, 6.07) is 17.0. The van der Waals surface area contributed by atoms with Crippen molar-refractivity contribution in [3.8, 4) is 5.75 Å². The van der Waals surface area contributed by atoms with Crippen molar-refractivity contribution < 1.29 is 14.3 Å². The lowest BCUT2D eigenvalue weighted by Gasteiger charge is -2.09. The maximum absolute atomic E-state index is 12.0. The van der Waals surface area contributed by atoms with Crippen molar-refractivity contribution in [3.63, 3.8) is 0 Å². The molecule has 0 saturated carbocycles. The smallest absolute Gasteiger partial charge is 0.374 e. The first-order valence-electron chi connectivity index (χ1n) is 6.87. The van der Waals surface area contributed by atoms with Crippen LogP contribution in [0.1, 0.15) is 18.1 Å². The summed E-state index contributed by atoms with van der Waals surface area (Å²) >= 11 is 0. The Morgan fingerprint density at radius 2 is 1.71 bits per heavy atom. The number of aryl methyl sites for hydroxylation is 1. The number of hydrogen-bond donors (Lipinski definition) is 0. The molecule has 0 aromatic heterocycles. The van der Waals surface area contributed by atoms with Crippen LogP contribution in [0.3, 0.4) is 0 Å². The third kappa shape index (κ3) is 4.49. The van der Waals surface area contributed by atoms with Gasteiger partial charge in [0.05, 0.1) is 6.61 Å². The van der Waals surface area contributed by atoms with E-state index in [4.69, 9.17) is 9.47 Å². The van der Waals surface area contributed by atoms with E-state index in [1.165, 1.54) is 0 Å². The van der Waals surface area contributed by atoms with E-state index in [1.54, 1.807) is 25.1 Å². The van der Waals surface area contributed by atoms with Crippen molar-refractivity contribution in [2.45, 2.75) is 13.8 Å². The predicted octanol–water partition coefficient (Wildman–Crippen LogP) is 3.98. The van der Waals surface area contributed by atoms with Gasteiger partial charge >= 0.3 is 5.97 Å². The lowest BCUT2D eigenvalue weighted by Crippen LogP contribution is -2.12. The molecule has 2 aromatic carbocycles. The molecule has 0 atom stereocenters. The molecule has 21 heavy (non-hydrogen) atoms. The highest BCUT2D eigenvalue weighted by Gasteiger charge is 2.13. The van der Waals surface area contributed by atoms with Crippen molar-refractivity contribution >= 4 is 12.0 Å². The zero-order valence-corrected chi connectivity index (χ0v) is 12.2. The van der Waals surface area contributed by atoms with Crippen LogP contribution in [0.5, 0.6) is 5.75 Å². The van der Waals surface area contributed by atoms with Gasteiger partial charge in [0.2, 0.25) is 5.76 Å². The number of para-hydroxylation sites is 1. The van der Waals surface area contributed by atoms with E-state index >= 15 is 0 Å². The number of rotatable bonds is 5. The third-order valence-electron chi connectivity index (χ3n) is 2.82. The Balaban J connectivity index is 2.27. The molecule has 0 radical (unpaired) electrons. The Labute approximate surface area is 124 Å². The second kappa shape index (κ2) is 7.29. The first kappa shape index (κ1) is 14.9. The van der Waals surface area contributed by atoms with Gasteiger partial charge in [-0.15, -0.1) is 0 Å².